The van der Waals surface area contributed by atoms with Crippen molar-refractivity contribution in [3.63, 3.8) is 0 Å². The molecule has 4 atom stereocenters. The highest BCUT2D eigenvalue weighted by Gasteiger charge is 2.31. The third-order valence-corrected chi connectivity index (χ3v) is 4.32. The number of aliphatic hydroxyl groups excluding tert-OH is 1. The maximum atomic E-state index is 9.12. The zero-order valence-corrected chi connectivity index (χ0v) is 12.5. The van der Waals surface area contributed by atoms with E-state index in [4.69, 9.17) is 9.84 Å². The van der Waals surface area contributed by atoms with Crippen molar-refractivity contribution >= 4 is 0 Å². The van der Waals surface area contributed by atoms with Gasteiger partial charge in [0.15, 0.2) is 0 Å². The van der Waals surface area contributed by atoms with Crippen molar-refractivity contribution in [2.75, 3.05) is 20.3 Å². The summed E-state index contributed by atoms with van der Waals surface area (Å²) in [5.74, 6) is 2.31. The molecular weight excluding hydrogens is 226 g/mol. The summed E-state index contributed by atoms with van der Waals surface area (Å²) < 4.78 is 5.25. The van der Waals surface area contributed by atoms with Gasteiger partial charge in [-0.2, -0.15) is 0 Å². The van der Waals surface area contributed by atoms with E-state index in [1.54, 1.807) is 7.11 Å². The second-order valence-corrected chi connectivity index (χ2v) is 6.26. The Morgan fingerprint density at radius 3 is 2.61 bits per heavy atom. The quantitative estimate of drug-likeness (QED) is 0.736. The van der Waals surface area contributed by atoms with Crippen LogP contribution in [0.15, 0.2) is 0 Å². The third kappa shape index (κ3) is 4.87. The molecule has 0 saturated heterocycles. The molecule has 1 aliphatic carbocycles. The lowest BCUT2D eigenvalue weighted by molar-refractivity contribution is 0.108. The van der Waals surface area contributed by atoms with E-state index in [2.05, 4.69) is 26.1 Å². The summed E-state index contributed by atoms with van der Waals surface area (Å²) in [4.78, 5) is 0. The van der Waals surface area contributed by atoms with Crippen LogP contribution in [0.2, 0.25) is 0 Å². The van der Waals surface area contributed by atoms with Gasteiger partial charge in [-0.1, -0.05) is 27.2 Å². The van der Waals surface area contributed by atoms with Crippen LogP contribution in [0.3, 0.4) is 0 Å². The van der Waals surface area contributed by atoms with E-state index in [0.717, 1.165) is 24.2 Å². The number of aliphatic hydroxyl groups is 1. The van der Waals surface area contributed by atoms with Gasteiger partial charge in [0.2, 0.25) is 0 Å². The predicted octanol–water partition coefficient (Wildman–Crippen LogP) is 2.43. The van der Waals surface area contributed by atoms with E-state index in [-0.39, 0.29) is 12.6 Å². The minimum Gasteiger partial charge on any atom is -0.396 e. The fourth-order valence-electron chi connectivity index (χ4n) is 3.27. The van der Waals surface area contributed by atoms with Gasteiger partial charge in [0.1, 0.15) is 0 Å². The number of ether oxygens (including phenoxy) is 1. The Labute approximate surface area is 112 Å². The van der Waals surface area contributed by atoms with Crippen LogP contribution in [0.5, 0.6) is 0 Å². The lowest BCUT2D eigenvalue weighted by Gasteiger charge is -2.40. The van der Waals surface area contributed by atoms with Gasteiger partial charge in [0, 0.05) is 25.8 Å². The van der Waals surface area contributed by atoms with Crippen molar-refractivity contribution in [3.8, 4) is 0 Å². The molecule has 0 aromatic rings. The minimum absolute atomic E-state index is 0.232. The lowest BCUT2D eigenvalue weighted by Crippen LogP contribution is -2.49. The van der Waals surface area contributed by atoms with Crippen LogP contribution in [-0.2, 0) is 4.74 Å². The van der Waals surface area contributed by atoms with Crippen LogP contribution in [0.4, 0.5) is 0 Å². The van der Waals surface area contributed by atoms with Crippen molar-refractivity contribution in [3.05, 3.63) is 0 Å². The van der Waals surface area contributed by atoms with Gasteiger partial charge in [-0.15, -0.1) is 0 Å². The Hall–Kier alpha value is -0.120. The molecule has 1 aliphatic rings. The van der Waals surface area contributed by atoms with Crippen molar-refractivity contribution in [1.82, 2.24) is 5.32 Å². The van der Waals surface area contributed by atoms with E-state index in [0.29, 0.717) is 12.6 Å². The minimum atomic E-state index is 0.232. The predicted molar refractivity (Wildman–Crippen MR) is 75.6 cm³/mol. The van der Waals surface area contributed by atoms with E-state index >= 15 is 0 Å². The average Bonchev–Trinajstić information content (AvgIpc) is 2.29. The summed E-state index contributed by atoms with van der Waals surface area (Å²) in [6, 6.07) is 0.872. The molecule has 0 bridgehead atoms. The van der Waals surface area contributed by atoms with Crippen molar-refractivity contribution in [2.45, 2.75) is 58.5 Å². The normalized spacial score (nSPS) is 30.7. The van der Waals surface area contributed by atoms with Crippen LogP contribution in [0.1, 0.15) is 46.5 Å². The second kappa shape index (κ2) is 8.13. The monoisotopic (exact) mass is 257 g/mol. The molecule has 2 N–H and O–H groups in total. The Kier molecular flexibility index (Phi) is 7.20. The molecule has 3 nitrogen and oxygen atoms in total. The van der Waals surface area contributed by atoms with Crippen LogP contribution in [0, 0.1) is 17.8 Å². The summed E-state index contributed by atoms with van der Waals surface area (Å²) in [6.45, 7) is 7.92. The summed E-state index contributed by atoms with van der Waals surface area (Å²) >= 11 is 0. The van der Waals surface area contributed by atoms with Gasteiger partial charge >= 0.3 is 0 Å². The van der Waals surface area contributed by atoms with E-state index in [1.807, 2.05) is 0 Å². The maximum Gasteiger partial charge on any atom is 0.0616 e. The summed E-state index contributed by atoms with van der Waals surface area (Å²) in [6.07, 6.45) is 4.73. The first-order valence-corrected chi connectivity index (χ1v) is 7.44. The van der Waals surface area contributed by atoms with Gasteiger partial charge < -0.3 is 15.2 Å². The maximum absolute atomic E-state index is 9.12. The first kappa shape index (κ1) is 15.9. The fraction of sp³-hybridized carbons (Fsp3) is 1.00. The first-order valence-electron chi connectivity index (χ1n) is 7.44. The Morgan fingerprint density at radius 2 is 2.06 bits per heavy atom. The van der Waals surface area contributed by atoms with Crippen molar-refractivity contribution < 1.29 is 9.84 Å². The molecule has 18 heavy (non-hydrogen) atoms. The molecule has 0 aromatic carbocycles. The Balaban J connectivity index is 2.57. The Bertz CT molecular complexity index is 215. The van der Waals surface area contributed by atoms with Gasteiger partial charge in [-0.05, 0) is 37.0 Å². The van der Waals surface area contributed by atoms with Gasteiger partial charge in [-0.25, -0.2) is 0 Å². The van der Waals surface area contributed by atoms with Crippen LogP contribution < -0.4 is 5.32 Å². The standard InChI is InChI=1S/C15H31NO2/c1-11(2)14-6-5-12(3)9-15(14)16-13(7-8-17)10-18-4/h11-17H,5-10H2,1-4H3. The topological polar surface area (TPSA) is 41.5 Å². The number of hydrogen-bond acceptors (Lipinski definition) is 3. The zero-order valence-electron chi connectivity index (χ0n) is 12.5. The molecule has 3 heteroatoms. The van der Waals surface area contributed by atoms with Crippen molar-refractivity contribution in [1.29, 1.82) is 0 Å². The van der Waals surface area contributed by atoms with Gasteiger partial charge in [0.25, 0.3) is 0 Å². The zero-order chi connectivity index (χ0) is 13.5. The SMILES string of the molecule is COCC(CCO)NC1CC(C)CCC1C(C)C. The van der Waals surface area contributed by atoms with Gasteiger partial charge in [0.05, 0.1) is 6.61 Å². The second-order valence-electron chi connectivity index (χ2n) is 6.26. The van der Waals surface area contributed by atoms with Crippen molar-refractivity contribution in [2.24, 2.45) is 17.8 Å². The molecule has 1 fully saturated rings. The molecule has 0 amide bonds. The largest absolute Gasteiger partial charge is 0.396 e. The van der Waals surface area contributed by atoms with Gasteiger partial charge in [-0.3, -0.25) is 0 Å². The lowest BCUT2D eigenvalue weighted by atomic mass is 9.74. The molecular formula is C15H31NO2. The highest BCUT2D eigenvalue weighted by atomic mass is 16.5. The first-order chi connectivity index (χ1) is 8.58. The molecule has 0 radical (unpaired) electrons. The van der Waals surface area contributed by atoms with Crippen LogP contribution >= 0.6 is 0 Å². The molecule has 1 saturated carbocycles. The van der Waals surface area contributed by atoms with E-state index in [9.17, 15) is 0 Å². The highest BCUT2D eigenvalue weighted by Crippen LogP contribution is 2.33. The molecule has 0 aliphatic heterocycles. The molecule has 1 rings (SSSR count). The molecule has 0 aromatic heterocycles. The Morgan fingerprint density at radius 1 is 1.33 bits per heavy atom. The molecule has 0 spiro atoms. The summed E-state index contributed by atoms with van der Waals surface area (Å²) in [5.41, 5.74) is 0. The summed E-state index contributed by atoms with van der Waals surface area (Å²) in [7, 11) is 1.73. The average molecular weight is 257 g/mol. The van der Waals surface area contributed by atoms with Crippen LogP contribution in [-0.4, -0.2) is 37.5 Å². The smallest absolute Gasteiger partial charge is 0.0616 e. The molecule has 0 heterocycles. The fourth-order valence-corrected chi connectivity index (χ4v) is 3.27. The van der Waals surface area contributed by atoms with E-state index in [1.165, 1.54) is 19.3 Å². The number of rotatable bonds is 7. The number of methoxy groups -OCH3 is 1. The summed E-state index contributed by atoms with van der Waals surface area (Å²) in [5, 5.41) is 12.9. The number of nitrogens with one attached hydrogen (secondary N) is 1. The molecule has 108 valence electrons. The van der Waals surface area contributed by atoms with E-state index < -0.39 is 0 Å². The third-order valence-electron chi connectivity index (χ3n) is 4.32. The highest BCUT2D eigenvalue weighted by molar-refractivity contribution is 4.87. The number of hydrogen-bond donors (Lipinski definition) is 2. The van der Waals surface area contributed by atoms with Crippen LogP contribution in [0.25, 0.3) is 0 Å². The molecule has 4 unspecified atom stereocenters.